The van der Waals surface area contributed by atoms with Crippen LogP contribution in [-0.4, -0.2) is 26.7 Å². The van der Waals surface area contributed by atoms with E-state index in [2.05, 4.69) is 9.97 Å². The number of piperidine rings is 1. The van der Waals surface area contributed by atoms with Crippen LogP contribution in [0.15, 0.2) is 0 Å². The number of aromatic nitrogens is 2. The lowest BCUT2D eigenvalue weighted by Gasteiger charge is -2.24. The van der Waals surface area contributed by atoms with Gasteiger partial charge in [0.1, 0.15) is 9.98 Å². The van der Waals surface area contributed by atoms with E-state index in [9.17, 15) is 9.59 Å². The van der Waals surface area contributed by atoms with Gasteiger partial charge in [0.2, 0.25) is 11.8 Å². The zero-order valence-corrected chi connectivity index (χ0v) is 13.3. The number of thiophene rings is 1. The second-order valence-corrected chi connectivity index (χ2v) is 6.68. The molecule has 3 heterocycles. The van der Waals surface area contributed by atoms with Crippen LogP contribution in [0.25, 0.3) is 10.2 Å². The van der Waals surface area contributed by atoms with Crippen LogP contribution in [0.3, 0.4) is 0 Å². The molecule has 0 unspecified atom stereocenters. The molecular formula is C14H14ClN3O2S. The number of likely N-dealkylation sites (tertiary alicyclic amines) is 1. The third-order valence-corrected chi connectivity index (χ3v) is 5.09. The zero-order chi connectivity index (χ0) is 15.1. The number of hydrogen-bond donors (Lipinski definition) is 0. The van der Waals surface area contributed by atoms with Crippen molar-refractivity contribution in [2.75, 3.05) is 0 Å². The van der Waals surface area contributed by atoms with Gasteiger partial charge >= 0.3 is 0 Å². The van der Waals surface area contributed by atoms with Gasteiger partial charge in [0.25, 0.3) is 0 Å². The fourth-order valence-corrected chi connectivity index (χ4v) is 3.86. The van der Waals surface area contributed by atoms with Crippen molar-refractivity contribution in [2.24, 2.45) is 0 Å². The first-order chi connectivity index (χ1) is 9.97. The molecule has 1 aliphatic rings. The number of carbonyl (C=O) groups excluding carboxylic acids is 2. The van der Waals surface area contributed by atoms with Gasteiger partial charge in [-0.05, 0) is 25.8 Å². The summed E-state index contributed by atoms with van der Waals surface area (Å²) in [6.45, 7) is 4.10. The molecule has 7 heteroatoms. The summed E-state index contributed by atoms with van der Waals surface area (Å²) in [7, 11) is 0. The van der Waals surface area contributed by atoms with Crippen LogP contribution in [0.4, 0.5) is 0 Å². The summed E-state index contributed by atoms with van der Waals surface area (Å²) in [5.74, 6) is 0.0894. The molecule has 0 radical (unpaired) electrons. The molecular weight excluding hydrogens is 310 g/mol. The van der Waals surface area contributed by atoms with Crippen molar-refractivity contribution in [3.8, 4) is 0 Å². The minimum Gasteiger partial charge on any atom is -0.275 e. The minimum absolute atomic E-state index is 0.101. The van der Waals surface area contributed by atoms with E-state index in [0.717, 1.165) is 20.7 Å². The Morgan fingerprint density at radius 1 is 1.19 bits per heavy atom. The van der Waals surface area contributed by atoms with Crippen molar-refractivity contribution in [2.45, 2.75) is 39.7 Å². The van der Waals surface area contributed by atoms with Gasteiger partial charge in [0.15, 0.2) is 5.82 Å². The lowest BCUT2D eigenvalue weighted by molar-refractivity contribution is -0.148. The number of imide groups is 1. The van der Waals surface area contributed by atoms with Crippen molar-refractivity contribution in [1.82, 2.24) is 14.9 Å². The second kappa shape index (κ2) is 5.35. The summed E-state index contributed by atoms with van der Waals surface area (Å²) in [5.41, 5.74) is 1.08. The number of halogens is 1. The Balaban J connectivity index is 1.98. The Hall–Kier alpha value is -1.53. The molecule has 0 N–H and O–H groups in total. The molecule has 0 atom stereocenters. The fourth-order valence-electron chi connectivity index (χ4n) is 2.43. The molecule has 3 rings (SSSR count). The van der Waals surface area contributed by atoms with Gasteiger partial charge < -0.3 is 0 Å². The van der Waals surface area contributed by atoms with Crippen molar-refractivity contribution in [3.05, 3.63) is 21.4 Å². The SMILES string of the molecule is Cc1sc2nc(CN3C(=O)CCCC3=O)nc(Cl)c2c1C. The molecule has 0 bridgehead atoms. The quantitative estimate of drug-likeness (QED) is 0.629. The van der Waals surface area contributed by atoms with E-state index in [1.54, 1.807) is 11.3 Å². The van der Waals surface area contributed by atoms with Crippen LogP contribution in [-0.2, 0) is 16.1 Å². The van der Waals surface area contributed by atoms with Crippen LogP contribution in [0.1, 0.15) is 35.5 Å². The van der Waals surface area contributed by atoms with Crippen molar-refractivity contribution in [3.63, 3.8) is 0 Å². The van der Waals surface area contributed by atoms with Crippen molar-refractivity contribution < 1.29 is 9.59 Å². The average Bonchev–Trinajstić information content (AvgIpc) is 2.70. The minimum atomic E-state index is -0.162. The van der Waals surface area contributed by atoms with E-state index in [1.165, 1.54) is 4.90 Å². The summed E-state index contributed by atoms with van der Waals surface area (Å²) in [5, 5.41) is 1.24. The number of carbonyl (C=O) groups is 2. The highest BCUT2D eigenvalue weighted by Gasteiger charge is 2.27. The summed E-state index contributed by atoms with van der Waals surface area (Å²) in [6, 6.07) is 0. The van der Waals surface area contributed by atoms with Gasteiger partial charge in [-0.15, -0.1) is 11.3 Å². The molecule has 0 saturated carbocycles. The Bertz CT molecular complexity index is 740. The maximum absolute atomic E-state index is 11.8. The maximum atomic E-state index is 11.8. The van der Waals surface area contributed by atoms with Crippen molar-refractivity contribution >= 4 is 45.0 Å². The number of fused-ring (bicyclic) bond motifs is 1. The third-order valence-electron chi connectivity index (χ3n) is 3.71. The van der Waals surface area contributed by atoms with Gasteiger partial charge in [0.05, 0.1) is 11.9 Å². The average molecular weight is 324 g/mol. The Kier molecular flexibility index (Phi) is 3.67. The number of nitrogens with zero attached hydrogens (tertiary/aromatic N) is 3. The van der Waals surface area contributed by atoms with Crippen LogP contribution < -0.4 is 0 Å². The number of rotatable bonds is 2. The molecule has 1 aliphatic heterocycles. The monoisotopic (exact) mass is 323 g/mol. The molecule has 2 aromatic rings. The van der Waals surface area contributed by atoms with E-state index in [0.29, 0.717) is 30.2 Å². The third kappa shape index (κ3) is 2.53. The van der Waals surface area contributed by atoms with Gasteiger partial charge in [-0.25, -0.2) is 9.97 Å². The highest BCUT2D eigenvalue weighted by Crippen LogP contribution is 2.33. The van der Waals surface area contributed by atoms with Gasteiger partial charge in [0, 0.05) is 17.7 Å². The topological polar surface area (TPSA) is 63.2 Å². The molecule has 110 valence electrons. The first-order valence-corrected chi connectivity index (χ1v) is 7.92. The van der Waals surface area contributed by atoms with Gasteiger partial charge in [-0.3, -0.25) is 14.5 Å². The summed E-state index contributed by atoms with van der Waals surface area (Å²) in [6.07, 6.45) is 1.43. The van der Waals surface area contributed by atoms with Gasteiger partial charge in [-0.1, -0.05) is 11.6 Å². The molecule has 0 spiro atoms. The van der Waals surface area contributed by atoms with E-state index in [-0.39, 0.29) is 18.4 Å². The van der Waals surface area contributed by atoms with Crippen LogP contribution >= 0.6 is 22.9 Å². The molecule has 2 amide bonds. The molecule has 1 saturated heterocycles. The summed E-state index contributed by atoms with van der Waals surface area (Å²) >= 11 is 7.79. The standard InChI is InChI=1S/C14H14ClN3O2S/c1-7-8(2)21-14-12(7)13(15)16-9(17-14)6-18-10(19)4-3-5-11(18)20/h3-6H2,1-2H3. The molecule has 0 aliphatic carbocycles. The van der Waals surface area contributed by atoms with Crippen LogP contribution in [0.5, 0.6) is 0 Å². The van der Waals surface area contributed by atoms with Crippen LogP contribution in [0.2, 0.25) is 5.15 Å². The highest BCUT2D eigenvalue weighted by molar-refractivity contribution is 7.18. The zero-order valence-electron chi connectivity index (χ0n) is 11.8. The number of aryl methyl sites for hydroxylation is 2. The van der Waals surface area contributed by atoms with Crippen molar-refractivity contribution in [1.29, 1.82) is 0 Å². The predicted octanol–water partition coefficient (Wildman–Crippen LogP) is 3.00. The van der Waals surface area contributed by atoms with E-state index in [1.807, 2.05) is 13.8 Å². The smallest absolute Gasteiger partial charge is 0.229 e. The fraction of sp³-hybridized carbons (Fsp3) is 0.429. The molecule has 1 fully saturated rings. The second-order valence-electron chi connectivity index (χ2n) is 5.12. The Morgan fingerprint density at radius 3 is 2.52 bits per heavy atom. The summed E-state index contributed by atoms with van der Waals surface area (Å²) < 4.78 is 0. The first-order valence-electron chi connectivity index (χ1n) is 6.72. The van der Waals surface area contributed by atoms with Gasteiger partial charge in [-0.2, -0.15) is 0 Å². The Morgan fingerprint density at radius 2 is 1.86 bits per heavy atom. The van der Waals surface area contributed by atoms with E-state index < -0.39 is 0 Å². The first kappa shape index (κ1) is 14.4. The predicted molar refractivity (Wildman–Crippen MR) is 81.3 cm³/mol. The molecule has 0 aromatic carbocycles. The Labute approximate surface area is 130 Å². The molecule has 21 heavy (non-hydrogen) atoms. The lowest BCUT2D eigenvalue weighted by atomic mass is 10.1. The number of amides is 2. The largest absolute Gasteiger partial charge is 0.275 e. The highest BCUT2D eigenvalue weighted by atomic mass is 35.5. The van der Waals surface area contributed by atoms with Crippen LogP contribution in [0, 0.1) is 13.8 Å². The number of hydrogen-bond acceptors (Lipinski definition) is 5. The van der Waals surface area contributed by atoms with E-state index in [4.69, 9.17) is 11.6 Å². The maximum Gasteiger partial charge on any atom is 0.229 e. The lowest BCUT2D eigenvalue weighted by Crippen LogP contribution is -2.39. The van der Waals surface area contributed by atoms with E-state index >= 15 is 0 Å². The normalized spacial score (nSPS) is 16.0. The summed E-state index contributed by atoms with van der Waals surface area (Å²) in [4.78, 5) is 35.6. The molecule has 5 nitrogen and oxygen atoms in total. The molecule has 2 aromatic heterocycles.